The Kier molecular flexibility index (Phi) is 7.38. The quantitative estimate of drug-likeness (QED) is 0.776. The summed E-state index contributed by atoms with van der Waals surface area (Å²) < 4.78 is 10.9. The smallest absolute Gasteiger partial charge is 0.220 e. The fourth-order valence-corrected chi connectivity index (χ4v) is 3.86. The summed E-state index contributed by atoms with van der Waals surface area (Å²) >= 11 is 0. The number of nitrogens with one attached hydrogen (secondary N) is 2. The minimum atomic E-state index is -0.0634. The molecule has 0 aliphatic carbocycles. The van der Waals surface area contributed by atoms with Crippen LogP contribution in [0.15, 0.2) is 24.3 Å². The summed E-state index contributed by atoms with van der Waals surface area (Å²) in [5, 5.41) is 6.63. The number of methoxy groups -OCH3 is 1. The summed E-state index contributed by atoms with van der Waals surface area (Å²) in [5.74, 6) is 2.26. The van der Waals surface area contributed by atoms with Gasteiger partial charge in [-0.05, 0) is 62.8 Å². The van der Waals surface area contributed by atoms with E-state index in [-0.39, 0.29) is 24.4 Å². The second kappa shape index (κ2) is 9.30. The van der Waals surface area contributed by atoms with Crippen LogP contribution in [0.1, 0.15) is 39.0 Å². The van der Waals surface area contributed by atoms with Gasteiger partial charge < -0.3 is 20.1 Å². The van der Waals surface area contributed by atoms with Crippen molar-refractivity contribution in [3.63, 3.8) is 0 Å². The third kappa shape index (κ3) is 5.79. The van der Waals surface area contributed by atoms with E-state index in [1.165, 1.54) is 12.8 Å². The number of fused-ring (bicyclic) bond motifs is 2. The highest BCUT2D eigenvalue weighted by atomic mass is 35.5. The highest BCUT2D eigenvalue weighted by Crippen LogP contribution is 2.32. The monoisotopic (exact) mass is 368 g/mol. The first kappa shape index (κ1) is 19.9. The Labute approximate surface area is 156 Å². The molecule has 0 spiro atoms. The van der Waals surface area contributed by atoms with Gasteiger partial charge >= 0.3 is 0 Å². The van der Waals surface area contributed by atoms with Gasteiger partial charge in [-0.1, -0.05) is 0 Å². The van der Waals surface area contributed by atoms with Crippen LogP contribution in [-0.4, -0.2) is 37.7 Å². The summed E-state index contributed by atoms with van der Waals surface area (Å²) in [5.41, 5.74) is 0. The zero-order valence-corrected chi connectivity index (χ0v) is 15.8. The van der Waals surface area contributed by atoms with E-state index in [1.54, 1.807) is 7.11 Å². The topological polar surface area (TPSA) is 59.6 Å². The molecule has 140 valence electrons. The lowest BCUT2D eigenvalue weighted by Crippen LogP contribution is -2.40. The van der Waals surface area contributed by atoms with Crippen LogP contribution < -0.4 is 20.1 Å². The number of carbonyl (C=O) groups excluding carboxylic acids is 1. The van der Waals surface area contributed by atoms with E-state index >= 15 is 0 Å². The minimum Gasteiger partial charge on any atom is -0.497 e. The number of benzene rings is 1. The first-order chi connectivity index (χ1) is 11.6. The van der Waals surface area contributed by atoms with Crippen LogP contribution in [0.2, 0.25) is 0 Å². The number of piperidine rings is 1. The molecule has 0 saturated carbocycles. The number of amides is 1. The van der Waals surface area contributed by atoms with Crippen molar-refractivity contribution in [2.75, 3.05) is 13.7 Å². The molecular weight excluding hydrogens is 340 g/mol. The molecule has 25 heavy (non-hydrogen) atoms. The molecule has 2 aliphatic heterocycles. The summed E-state index contributed by atoms with van der Waals surface area (Å²) in [6.07, 6.45) is 5.41. The average molecular weight is 369 g/mol. The third-order valence-electron chi connectivity index (χ3n) is 5.03. The Bertz CT molecular complexity index is 540. The number of hydrogen-bond donors (Lipinski definition) is 2. The van der Waals surface area contributed by atoms with Gasteiger partial charge in [0.1, 0.15) is 17.6 Å². The molecule has 2 N–H and O–H groups in total. The van der Waals surface area contributed by atoms with Gasteiger partial charge in [0, 0.05) is 18.5 Å². The van der Waals surface area contributed by atoms with Gasteiger partial charge in [0.25, 0.3) is 0 Å². The van der Waals surface area contributed by atoms with Gasteiger partial charge in [-0.25, -0.2) is 0 Å². The van der Waals surface area contributed by atoms with Crippen LogP contribution in [0.3, 0.4) is 0 Å². The van der Waals surface area contributed by atoms with Gasteiger partial charge in [-0.3, -0.25) is 4.79 Å². The van der Waals surface area contributed by atoms with Crippen LogP contribution in [-0.2, 0) is 4.79 Å². The molecule has 3 rings (SSSR count). The number of rotatable bonds is 7. The zero-order valence-electron chi connectivity index (χ0n) is 15.0. The standard InChI is InChI=1S/C19H28N2O3.ClH/c1-13(24-18-7-5-17(23-2)6-8-18)12-20-19(22)11-14-9-15-3-4-16(10-14)21-15;/h5-8,13-16,21H,3-4,9-12H2,1-2H3,(H,20,22);1H. The van der Waals surface area contributed by atoms with Crippen molar-refractivity contribution >= 4 is 18.3 Å². The lowest BCUT2D eigenvalue weighted by atomic mass is 9.89. The second-order valence-electron chi connectivity index (χ2n) is 7.09. The Balaban J connectivity index is 0.00000225. The highest BCUT2D eigenvalue weighted by molar-refractivity contribution is 5.85. The molecule has 2 fully saturated rings. The predicted octanol–water partition coefficient (Wildman–Crippen LogP) is 2.92. The second-order valence-corrected chi connectivity index (χ2v) is 7.09. The number of carbonyl (C=O) groups is 1. The number of halogens is 1. The molecule has 1 amide bonds. The van der Waals surface area contributed by atoms with Crippen LogP contribution >= 0.6 is 12.4 Å². The lowest BCUT2D eigenvalue weighted by Gasteiger charge is -2.28. The van der Waals surface area contributed by atoms with Gasteiger partial charge in [-0.15, -0.1) is 12.4 Å². The van der Waals surface area contributed by atoms with E-state index < -0.39 is 0 Å². The first-order valence-corrected chi connectivity index (χ1v) is 8.96. The van der Waals surface area contributed by atoms with Crippen molar-refractivity contribution in [3.8, 4) is 11.5 Å². The Hall–Kier alpha value is -1.46. The SMILES string of the molecule is COc1ccc(OC(C)CNC(=O)CC2CC3CCC(C2)N3)cc1.Cl. The molecule has 2 saturated heterocycles. The van der Waals surface area contributed by atoms with E-state index in [1.807, 2.05) is 31.2 Å². The molecule has 6 heteroatoms. The molecule has 1 aromatic rings. The van der Waals surface area contributed by atoms with Crippen LogP contribution in [0, 0.1) is 5.92 Å². The maximum absolute atomic E-state index is 12.2. The molecule has 3 atom stereocenters. The molecule has 2 heterocycles. The van der Waals surface area contributed by atoms with Crippen molar-refractivity contribution in [1.29, 1.82) is 0 Å². The molecule has 3 unspecified atom stereocenters. The fraction of sp³-hybridized carbons (Fsp3) is 0.632. The molecule has 2 bridgehead atoms. The van der Waals surface area contributed by atoms with E-state index in [0.717, 1.165) is 24.3 Å². The van der Waals surface area contributed by atoms with Crippen molar-refractivity contribution in [2.24, 2.45) is 5.92 Å². The maximum atomic E-state index is 12.2. The maximum Gasteiger partial charge on any atom is 0.220 e. The zero-order chi connectivity index (χ0) is 16.9. The summed E-state index contributed by atoms with van der Waals surface area (Å²) in [4.78, 5) is 12.2. The molecule has 1 aromatic carbocycles. The number of ether oxygens (including phenoxy) is 2. The van der Waals surface area contributed by atoms with Crippen molar-refractivity contribution in [1.82, 2.24) is 10.6 Å². The molecule has 0 aromatic heterocycles. The van der Waals surface area contributed by atoms with Gasteiger partial charge in [0.05, 0.1) is 13.7 Å². The molecule has 5 nitrogen and oxygen atoms in total. The average Bonchev–Trinajstić information content (AvgIpc) is 2.92. The van der Waals surface area contributed by atoms with Crippen molar-refractivity contribution in [3.05, 3.63) is 24.3 Å². The Morgan fingerprint density at radius 1 is 1.20 bits per heavy atom. The minimum absolute atomic E-state index is 0. The largest absolute Gasteiger partial charge is 0.497 e. The summed E-state index contributed by atoms with van der Waals surface area (Å²) in [7, 11) is 1.64. The van der Waals surface area contributed by atoms with Crippen LogP contribution in [0.5, 0.6) is 11.5 Å². The van der Waals surface area contributed by atoms with Gasteiger partial charge in [0.15, 0.2) is 0 Å². The molecular formula is C19H29ClN2O3. The third-order valence-corrected chi connectivity index (χ3v) is 5.03. The molecule has 2 aliphatic rings. The van der Waals surface area contributed by atoms with Crippen LogP contribution in [0.25, 0.3) is 0 Å². The van der Waals surface area contributed by atoms with E-state index in [2.05, 4.69) is 10.6 Å². The van der Waals surface area contributed by atoms with Crippen molar-refractivity contribution < 1.29 is 14.3 Å². The van der Waals surface area contributed by atoms with Crippen LogP contribution in [0.4, 0.5) is 0 Å². The van der Waals surface area contributed by atoms with Gasteiger partial charge in [-0.2, -0.15) is 0 Å². The summed E-state index contributed by atoms with van der Waals surface area (Å²) in [6, 6.07) is 8.76. The fourth-order valence-electron chi connectivity index (χ4n) is 3.86. The Morgan fingerprint density at radius 3 is 2.40 bits per heavy atom. The van der Waals surface area contributed by atoms with Crippen molar-refractivity contribution in [2.45, 2.75) is 57.2 Å². The summed E-state index contributed by atoms with van der Waals surface area (Å²) in [6.45, 7) is 2.50. The normalized spacial score (nSPS) is 25.6. The number of hydrogen-bond acceptors (Lipinski definition) is 4. The van der Waals surface area contributed by atoms with E-state index in [0.29, 0.717) is 31.0 Å². The van der Waals surface area contributed by atoms with E-state index in [4.69, 9.17) is 9.47 Å². The van der Waals surface area contributed by atoms with E-state index in [9.17, 15) is 4.79 Å². The highest BCUT2D eigenvalue weighted by Gasteiger charge is 2.34. The van der Waals surface area contributed by atoms with Gasteiger partial charge in [0.2, 0.25) is 5.91 Å². The first-order valence-electron chi connectivity index (χ1n) is 8.96. The predicted molar refractivity (Wildman–Crippen MR) is 101 cm³/mol. The Morgan fingerprint density at radius 2 is 1.80 bits per heavy atom. The molecule has 0 radical (unpaired) electrons. The lowest BCUT2D eigenvalue weighted by molar-refractivity contribution is -0.122.